The molecule has 0 unspecified atom stereocenters. The van der Waals surface area contributed by atoms with Gasteiger partial charge < -0.3 is 9.73 Å². The number of fused-ring (bicyclic) bond motifs is 1. The van der Waals surface area contributed by atoms with E-state index < -0.39 is 0 Å². The van der Waals surface area contributed by atoms with Gasteiger partial charge in [0, 0.05) is 30.6 Å². The molecule has 3 aromatic rings. The molecule has 4 heteroatoms. The highest BCUT2D eigenvalue weighted by Gasteiger charge is 2.17. The Balaban J connectivity index is 1.82. The van der Waals surface area contributed by atoms with Crippen LogP contribution in [0.5, 0.6) is 0 Å². The number of nitrogens with one attached hydrogen (secondary N) is 1. The third kappa shape index (κ3) is 4.51. The zero-order chi connectivity index (χ0) is 20.1. The molecule has 28 heavy (non-hydrogen) atoms. The number of rotatable bonds is 8. The minimum absolute atomic E-state index is 0.295. The van der Waals surface area contributed by atoms with E-state index >= 15 is 0 Å². The predicted octanol–water partition coefficient (Wildman–Crippen LogP) is 4.58. The molecule has 0 amide bonds. The number of hydrogen-bond acceptors (Lipinski definition) is 4. The first-order chi connectivity index (χ1) is 13.5. The van der Waals surface area contributed by atoms with E-state index in [1.54, 1.807) is 6.07 Å². The molecule has 0 radical (unpaired) electrons. The topological polar surface area (TPSA) is 45.5 Å². The summed E-state index contributed by atoms with van der Waals surface area (Å²) < 4.78 is 5.42. The predicted molar refractivity (Wildman–Crippen MR) is 116 cm³/mol. The molecular formula is C24H30N2O2. The largest absolute Gasteiger partial charge is 0.423 e. The molecule has 1 atom stereocenters. The lowest BCUT2D eigenvalue weighted by atomic mass is 10.0. The molecule has 1 heterocycles. The standard InChI is InChI=1S/C24H30N2O2/c1-5-26(6-2)22(19-10-8-7-9-11-19)16-25-15-20-14-24(27)28-23-13-18(4)17(3)12-21(20)23/h7-14,22,25H,5-6,15-16H2,1-4H3/t22-/m1/s1. The van der Waals surface area contributed by atoms with Gasteiger partial charge >= 0.3 is 5.63 Å². The smallest absolute Gasteiger partial charge is 0.336 e. The maximum absolute atomic E-state index is 12.0. The molecule has 2 aromatic carbocycles. The van der Waals surface area contributed by atoms with Gasteiger partial charge in [0.25, 0.3) is 0 Å². The fraction of sp³-hybridized carbons (Fsp3) is 0.375. The zero-order valence-corrected chi connectivity index (χ0v) is 17.3. The van der Waals surface area contributed by atoms with Crippen LogP contribution < -0.4 is 10.9 Å². The first-order valence-corrected chi connectivity index (χ1v) is 10.1. The number of likely N-dealkylation sites (N-methyl/N-ethyl adjacent to an activating group) is 1. The Morgan fingerprint density at radius 3 is 2.36 bits per heavy atom. The first-order valence-electron chi connectivity index (χ1n) is 10.1. The van der Waals surface area contributed by atoms with E-state index in [0.717, 1.165) is 36.1 Å². The minimum atomic E-state index is -0.295. The van der Waals surface area contributed by atoms with Crippen molar-refractivity contribution in [3.8, 4) is 0 Å². The Bertz CT molecular complexity index is 975. The molecule has 1 aromatic heterocycles. The van der Waals surface area contributed by atoms with Crippen LogP contribution in [0, 0.1) is 13.8 Å². The molecule has 0 aliphatic heterocycles. The second-order valence-corrected chi connectivity index (χ2v) is 7.30. The molecule has 0 spiro atoms. The quantitative estimate of drug-likeness (QED) is 0.583. The van der Waals surface area contributed by atoms with Crippen LogP contribution in [0.2, 0.25) is 0 Å². The maximum Gasteiger partial charge on any atom is 0.336 e. The third-order valence-corrected chi connectivity index (χ3v) is 5.54. The Kier molecular flexibility index (Phi) is 6.65. The SMILES string of the molecule is CCN(CC)[C@H](CNCc1cc(=O)oc2cc(C)c(C)cc12)c1ccccc1. The van der Waals surface area contributed by atoms with Crippen LogP contribution >= 0.6 is 0 Å². The highest BCUT2D eigenvalue weighted by molar-refractivity contribution is 5.81. The third-order valence-electron chi connectivity index (χ3n) is 5.54. The molecule has 4 nitrogen and oxygen atoms in total. The van der Waals surface area contributed by atoms with Gasteiger partial charge in [-0.2, -0.15) is 0 Å². The number of aryl methyl sites for hydroxylation is 2. The van der Waals surface area contributed by atoms with E-state index in [1.165, 1.54) is 11.1 Å². The number of hydrogen-bond donors (Lipinski definition) is 1. The summed E-state index contributed by atoms with van der Waals surface area (Å²) in [5.74, 6) is 0. The van der Waals surface area contributed by atoms with Crippen molar-refractivity contribution in [2.75, 3.05) is 19.6 Å². The summed E-state index contributed by atoms with van der Waals surface area (Å²) in [5, 5.41) is 4.59. The summed E-state index contributed by atoms with van der Waals surface area (Å²) >= 11 is 0. The van der Waals surface area contributed by atoms with E-state index in [0.29, 0.717) is 18.2 Å². The van der Waals surface area contributed by atoms with Crippen molar-refractivity contribution in [3.05, 3.63) is 81.2 Å². The van der Waals surface area contributed by atoms with Crippen LogP contribution in [-0.2, 0) is 6.54 Å². The lowest BCUT2D eigenvalue weighted by Crippen LogP contribution is -2.35. The van der Waals surface area contributed by atoms with Crippen molar-refractivity contribution in [1.82, 2.24) is 10.2 Å². The summed E-state index contributed by atoms with van der Waals surface area (Å²) in [4.78, 5) is 14.5. The minimum Gasteiger partial charge on any atom is -0.423 e. The number of benzene rings is 2. The molecule has 1 N–H and O–H groups in total. The van der Waals surface area contributed by atoms with Gasteiger partial charge in [0.1, 0.15) is 5.58 Å². The van der Waals surface area contributed by atoms with Crippen LogP contribution in [-0.4, -0.2) is 24.5 Å². The molecule has 0 aliphatic carbocycles. The molecule has 0 fully saturated rings. The normalized spacial score (nSPS) is 12.6. The van der Waals surface area contributed by atoms with Crippen molar-refractivity contribution in [2.45, 2.75) is 40.3 Å². The molecule has 3 rings (SSSR count). The summed E-state index contributed by atoms with van der Waals surface area (Å²) in [7, 11) is 0. The Labute approximate surface area is 167 Å². The lowest BCUT2D eigenvalue weighted by Gasteiger charge is -2.30. The van der Waals surface area contributed by atoms with Gasteiger partial charge in [0.15, 0.2) is 0 Å². The molecule has 0 aliphatic rings. The van der Waals surface area contributed by atoms with Crippen LogP contribution in [0.4, 0.5) is 0 Å². The molecule has 0 saturated carbocycles. The second kappa shape index (κ2) is 9.18. The Morgan fingerprint density at radius 2 is 1.68 bits per heavy atom. The first kappa shape index (κ1) is 20.3. The maximum atomic E-state index is 12.0. The summed E-state index contributed by atoms with van der Waals surface area (Å²) in [6.45, 7) is 12.0. The van der Waals surface area contributed by atoms with Crippen molar-refractivity contribution in [3.63, 3.8) is 0 Å². The van der Waals surface area contributed by atoms with Gasteiger partial charge in [0.05, 0.1) is 0 Å². The van der Waals surface area contributed by atoms with E-state index in [2.05, 4.69) is 67.4 Å². The molecular weight excluding hydrogens is 348 g/mol. The number of nitrogens with zero attached hydrogens (tertiary/aromatic N) is 1. The van der Waals surface area contributed by atoms with E-state index in [9.17, 15) is 4.79 Å². The lowest BCUT2D eigenvalue weighted by molar-refractivity contribution is 0.213. The van der Waals surface area contributed by atoms with Crippen LogP contribution in [0.25, 0.3) is 11.0 Å². The summed E-state index contributed by atoms with van der Waals surface area (Å²) in [6.07, 6.45) is 0. The van der Waals surface area contributed by atoms with Gasteiger partial charge in [-0.25, -0.2) is 4.79 Å². The zero-order valence-electron chi connectivity index (χ0n) is 17.3. The molecule has 148 valence electrons. The van der Waals surface area contributed by atoms with Crippen molar-refractivity contribution in [2.24, 2.45) is 0 Å². The van der Waals surface area contributed by atoms with Crippen molar-refractivity contribution in [1.29, 1.82) is 0 Å². The monoisotopic (exact) mass is 378 g/mol. The van der Waals surface area contributed by atoms with Crippen molar-refractivity contribution < 1.29 is 4.42 Å². The van der Waals surface area contributed by atoms with Gasteiger partial charge in [-0.15, -0.1) is 0 Å². The van der Waals surface area contributed by atoms with E-state index in [1.807, 2.05) is 13.0 Å². The summed E-state index contributed by atoms with van der Waals surface area (Å²) in [6, 6.07) is 16.6. The molecule has 0 saturated heterocycles. The fourth-order valence-electron chi connectivity index (χ4n) is 3.77. The Morgan fingerprint density at radius 1 is 1.00 bits per heavy atom. The van der Waals surface area contributed by atoms with Gasteiger partial charge in [-0.05, 0) is 61.3 Å². The average Bonchev–Trinajstić information content (AvgIpc) is 2.69. The van der Waals surface area contributed by atoms with Gasteiger partial charge in [-0.1, -0.05) is 44.2 Å². The van der Waals surface area contributed by atoms with Crippen LogP contribution in [0.15, 0.2) is 57.7 Å². The van der Waals surface area contributed by atoms with E-state index in [4.69, 9.17) is 4.42 Å². The van der Waals surface area contributed by atoms with Crippen LogP contribution in [0.3, 0.4) is 0 Å². The second-order valence-electron chi connectivity index (χ2n) is 7.30. The summed E-state index contributed by atoms with van der Waals surface area (Å²) in [5.41, 5.74) is 4.99. The van der Waals surface area contributed by atoms with Crippen molar-refractivity contribution >= 4 is 11.0 Å². The Hall–Kier alpha value is -2.43. The van der Waals surface area contributed by atoms with Gasteiger partial charge in [0.2, 0.25) is 0 Å². The highest BCUT2D eigenvalue weighted by atomic mass is 16.4. The highest BCUT2D eigenvalue weighted by Crippen LogP contribution is 2.23. The average molecular weight is 379 g/mol. The molecule has 0 bridgehead atoms. The van der Waals surface area contributed by atoms with Crippen LogP contribution in [0.1, 0.15) is 42.1 Å². The van der Waals surface area contributed by atoms with Gasteiger partial charge in [-0.3, -0.25) is 4.90 Å². The van der Waals surface area contributed by atoms with E-state index in [-0.39, 0.29) is 5.63 Å². The fourth-order valence-corrected chi connectivity index (χ4v) is 3.77.